The highest BCUT2D eigenvalue weighted by Gasteiger charge is 2.24. The summed E-state index contributed by atoms with van der Waals surface area (Å²) >= 11 is 0. The standard InChI is InChI=1S/C22H31N5O4/c1-22(2,3)31-21(29)23-10-9-20(28)27-12-4-5-16(14-27)15-30-17-6-7-18(24-13-17)19-8-11-25-26-19/h6-8,11,13,16H,4-5,9-10,12,14-15H2,1-3H3,(H,23,29)(H,25,26)/t16-/m1/s1. The minimum absolute atomic E-state index is 0.0336. The molecular weight excluding hydrogens is 398 g/mol. The Hall–Kier alpha value is -3.10. The van der Waals surface area contributed by atoms with Gasteiger partial charge in [-0.3, -0.25) is 14.9 Å². The molecular formula is C22H31N5O4. The lowest BCUT2D eigenvalue weighted by Crippen LogP contribution is -2.43. The van der Waals surface area contributed by atoms with Gasteiger partial charge in [-0.1, -0.05) is 0 Å². The third-order valence-corrected chi connectivity index (χ3v) is 4.88. The Labute approximate surface area is 182 Å². The molecule has 1 saturated heterocycles. The van der Waals surface area contributed by atoms with E-state index in [0.29, 0.717) is 18.9 Å². The van der Waals surface area contributed by atoms with Crippen molar-refractivity contribution in [1.82, 2.24) is 25.4 Å². The first-order chi connectivity index (χ1) is 14.8. The van der Waals surface area contributed by atoms with E-state index < -0.39 is 11.7 Å². The van der Waals surface area contributed by atoms with Gasteiger partial charge in [0.05, 0.1) is 24.2 Å². The summed E-state index contributed by atoms with van der Waals surface area (Å²) in [5, 5.41) is 9.44. The van der Waals surface area contributed by atoms with Crippen LogP contribution in [0.15, 0.2) is 30.6 Å². The molecule has 31 heavy (non-hydrogen) atoms. The van der Waals surface area contributed by atoms with Crippen molar-refractivity contribution in [3.8, 4) is 17.1 Å². The predicted octanol–water partition coefficient (Wildman–Crippen LogP) is 3.00. The van der Waals surface area contributed by atoms with Crippen molar-refractivity contribution >= 4 is 12.0 Å². The summed E-state index contributed by atoms with van der Waals surface area (Å²) < 4.78 is 11.1. The molecule has 3 heterocycles. The number of nitrogens with zero attached hydrogens (tertiary/aromatic N) is 3. The number of pyridine rings is 1. The zero-order chi connectivity index (χ0) is 22.3. The quantitative estimate of drug-likeness (QED) is 0.700. The fraction of sp³-hybridized carbons (Fsp3) is 0.545. The van der Waals surface area contributed by atoms with Crippen LogP contribution in [-0.2, 0) is 9.53 Å². The lowest BCUT2D eigenvalue weighted by Gasteiger charge is -2.32. The molecule has 2 aromatic rings. The van der Waals surface area contributed by atoms with E-state index in [1.54, 1.807) is 33.2 Å². The monoisotopic (exact) mass is 429 g/mol. The molecule has 1 atom stereocenters. The van der Waals surface area contributed by atoms with Crippen LogP contribution in [0, 0.1) is 5.92 Å². The number of hydrogen-bond donors (Lipinski definition) is 2. The molecule has 0 saturated carbocycles. The van der Waals surface area contributed by atoms with Gasteiger partial charge in [-0.25, -0.2) is 4.79 Å². The number of carbonyl (C=O) groups excluding carboxylic acids is 2. The average molecular weight is 430 g/mol. The summed E-state index contributed by atoms with van der Waals surface area (Å²) in [6, 6.07) is 5.63. The second-order valence-electron chi connectivity index (χ2n) is 8.69. The zero-order valence-corrected chi connectivity index (χ0v) is 18.4. The van der Waals surface area contributed by atoms with Crippen LogP contribution in [0.3, 0.4) is 0 Å². The van der Waals surface area contributed by atoms with Gasteiger partial charge in [-0.2, -0.15) is 5.10 Å². The minimum atomic E-state index is -0.552. The van der Waals surface area contributed by atoms with Crippen LogP contribution in [0.1, 0.15) is 40.0 Å². The number of hydrogen-bond acceptors (Lipinski definition) is 6. The molecule has 2 N–H and O–H groups in total. The number of H-pyrrole nitrogens is 1. The number of rotatable bonds is 7. The Kier molecular flexibility index (Phi) is 7.49. The number of nitrogens with one attached hydrogen (secondary N) is 2. The Bertz CT molecular complexity index is 846. The van der Waals surface area contributed by atoms with Crippen molar-refractivity contribution in [2.75, 3.05) is 26.2 Å². The third-order valence-electron chi connectivity index (χ3n) is 4.88. The first-order valence-electron chi connectivity index (χ1n) is 10.6. The zero-order valence-electron chi connectivity index (χ0n) is 18.4. The summed E-state index contributed by atoms with van der Waals surface area (Å²) in [4.78, 5) is 30.4. The lowest BCUT2D eigenvalue weighted by molar-refractivity contribution is -0.133. The van der Waals surface area contributed by atoms with Crippen LogP contribution in [-0.4, -0.2) is 63.9 Å². The van der Waals surface area contributed by atoms with E-state index in [1.807, 2.05) is 23.1 Å². The third kappa shape index (κ3) is 7.27. The van der Waals surface area contributed by atoms with Crippen molar-refractivity contribution in [2.45, 2.75) is 45.6 Å². The molecule has 1 aliphatic heterocycles. The first kappa shape index (κ1) is 22.6. The lowest BCUT2D eigenvalue weighted by atomic mass is 9.98. The average Bonchev–Trinajstić information content (AvgIpc) is 3.26. The summed E-state index contributed by atoms with van der Waals surface area (Å²) in [6.45, 7) is 7.60. The Morgan fingerprint density at radius 3 is 2.81 bits per heavy atom. The van der Waals surface area contributed by atoms with E-state index in [-0.39, 0.29) is 24.8 Å². The van der Waals surface area contributed by atoms with Gasteiger partial charge >= 0.3 is 6.09 Å². The molecule has 168 valence electrons. The topological polar surface area (TPSA) is 109 Å². The number of carbonyl (C=O) groups is 2. The molecule has 0 bridgehead atoms. The maximum atomic E-state index is 12.5. The Balaban J connectivity index is 1.39. The molecule has 2 amide bonds. The second kappa shape index (κ2) is 10.3. The van der Waals surface area contributed by atoms with Gasteiger partial charge in [0.2, 0.25) is 5.91 Å². The van der Waals surface area contributed by atoms with E-state index in [0.717, 1.165) is 30.8 Å². The number of aromatic nitrogens is 3. The van der Waals surface area contributed by atoms with E-state index in [4.69, 9.17) is 9.47 Å². The Morgan fingerprint density at radius 2 is 2.13 bits per heavy atom. The van der Waals surface area contributed by atoms with Crippen molar-refractivity contribution in [2.24, 2.45) is 5.92 Å². The normalized spacial score (nSPS) is 16.6. The van der Waals surface area contributed by atoms with Crippen LogP contribution in [0.5, 0.6) is 5.75 Å². The fourth-order valence-electron chi connectivity index (χ4n) is 3.41. The van der Waals surface area contributed by atoms with Crippen molar-refractivity contribution < 1.29 is 19.1 Å². The van der Waals surface area contributed by atoms with E-state index in [1.165, 1.54) is 0 Å². The van der Waals surface area contributed by atoms with Crippen LogP contribution in [0.4, 0.5) is 4.79 Å². The number of piperidine rings is 1. The molecule has 3 rings (SSSR count). The fourth-order valence-corrected chi connectivity index (χ4v) is 3.41. The molecule has 0 aliphatic carbocycles. The molecule has 0 spiro atoms. The molecule has 9 heteroatoms. The van der Waals surface area contributed by atoms with Gasteiger partial charge in [0, 0.05) is 38.2 Å². The number of alkyl carbamates (subject to hydrolysis) is 1. The molecule has 1 aliphatic rings. The van der Waals surface area contributed by atoms with Crippen molar-refractivity contribution in [3.63, 3.8) is 0 Å². The highest BCUT2D eigenvalue weighted by atomic mass is 16.6. The van der Waals surface area contributed by atoms with Crippen LogP contribution in [0.2, 0.25) is 0 Å². The highest BCUT2D eigenvalue weighted by Crippen LogP contribution is 2.21. The van der Waals surface area contributed by atoms with Crippen molar-refractivity contribution in [3.05, 3.63) is 30.6 Å². The summed E-state index contributed by atoms with van der Waals surface area (Å²) in [7, 11) is 0. The number of likely N-dealkylation sites (tertiary alicyclic amines) is 1. The molecule has 9 nitrogen and oxygen atoms in total. The van der Waals surface area contributed by atoms with Crippen LogP contribution < -0.4 is 10.1 Å². The first-order valence-corrected chi connectivity index (χ1v) is 10.6. The molecule has 2 aromatic heterocycles. The number of ether oxygens (including phenoxy) is 2. The van der Waals surface area contributed by atoms with Gasteiger partial charge < -0.3 is 19.7 Å². The molecule has 0 aromatic carbocycles. The molecule has 1 fully saturated rings. The number of aromatic amines is 1. The largest absolute Gasteiger partial charge is 0.492 e. The van der Waals surface area contributed by atoms with Crippen LogP contribution >= 0.6 is 0 Å². The summed E-state index contributed by atoms with van der Waals surface area (Å²) in [6.07, 6.45) is 5.09. The van der Waals surface area contributed by atoms with Crippen LogP contribution in [0.25, 0.3) is 11.4 Å². The number of amides is 2. The summed E-state index contributed by atoms with van der Waals surface area (Å²) in [5.41, 5.74) is 1.11. The SMILES string of the molecule is CC(C)(C)OC(=O)NCCC(=O)N1CCC[C@@H](COc2ccc(-c3ccn[nH]3)nc2)C1. The molecule has 0 radical (unpaired) electrons. The van der Waals surface area contributed by atoms with Gasteiger partial charge in [-0.05, 0) is 51.8 Å². The van der Waals surface area contributed by atoms with Gasteiger partial charge in [-0.15, -0.1) is 0 Å². The maximum absolute atomic E-state index is 12.5. The minimum Gasteiger partial charge on any atom is -0.492 e. The maximum Gasteiger partial charge on any atom is 0.407 e. The second-order valence-corrected chi connectivity index (χ2v) is 8.69. The Morgan fingerprint density at radius 1 is 1.29 bits per heavy atom. The van der Waals surface area contributed by atoms with Gasteiger partial charge in [0.1, 0.15) is 11.4 Å². The van der Waals surface area contributed by atoms with E-state index in [2.05, 4.69) is 20.5 Å². The van der Waals surface area contributed by atoms with Crippen molar-refractivity contribution in [1.29, 1.82) is 0 Å². The van der Waals surface area contributed by atoms with E-state index in [9.17, 15) is 9.59 Å². The van der Waals surface area contributed by atoms with Gasteiger partial charge in [0.25, 0.3) is 0 Å². The smallest absolute Gasteiger partial charge is 0.407 e. The summed E-state index contributed by atoms with van der Waals surface area (Å²) in [5.74, 6) is 1.00. The predicted molar refractivity (Wildman–Crippen MR) is 115 cm³/mol. The molecule has 0 unspecified atom stereocenters. The van der Waals surface area contributed by atoms with E-state index >= 15 is 0 Å². The highest BCUT2D eigenvalue weighted by molar-refractivity contribution is 5.77. The van der Waals surface area contributed by atoms with Gasteiger partial charge in [0.15, 0.2) is 0 Å².